The van der Waals surface area contributed by atoms with Crippen LogP contribution in [0.1, 0.15) is 19.6 Å². The van der Waals surface area contributed by atoms with Crippen molar-refractivity contribution in [2.45, 2.75) is 68.5 Å². The highest BCUT2D eigenvalue weighted by atomic mass is 31.3. The van der Waals surface area contributed by atoms with E-state index in [0.717, 1.165) is 19.2 Å². The van der Waals surface area contributed by atoms with Gasteiger partial charge in [-0.3, -0.25) is 33.0 Å². The van der Waals surface area contributed by atoms with E-state index in [1.165, 1.54) is 0 Å². The lowest BCUT2D eigenvalue weighted by molar-refractivity contribution is -0.224. The van der Waals surface area contributed by atoms with Gasteiger partial charge in [0, 0.05) is 25.6 Å². The number of hydrogen-bond donors (Lipinski definition) is 10. The van der Waals surface area contributed by atoms with E-state index in [4.69, 9.17) is 19.1 Å². The molecule has 0 aromatic carbocycles. The molecule has 2 amide bonds. The molecular formula is C20H32N4O18P2. The summed E-state index contributed by atoms with van der Waals surface area (Å²) >= 11 is 0. The van der Waals surface area contributed by atoms with E-state index in [1.807, 2.05) is 4.98 Å². The first-order valence-corrected chi connectivity index (χ1v) is 15.6. The summed E-state index contributed by atoms with van der Waals surface area (Å²) in [5, 5.41) is 54.1. The van der Waals surface area contributed by atoms with Crippen LogP contribution in [0.15, 0.2) is 21.9 Å². The first-order valence-electron chi connectivity index (χ1n) is 12.6. The van der Waals surface area contributed by atoms with Crippen molar-refractivity contribution in [2.75, 3.05) is 19.8 Å². The Morgan fingerprint density at radius 2 is 1.68 bits per heavy atom. The largest absolute Gasteiger partial charge is 0.483 e. The lowest BCUT2D eigenvalue weighted by Gasteiger charge is -2.44. The normalized spacial score (nSPS) is 33.2. The van der Waals surface area contributed by atoms with E-state index in [0.29, 0.717) is 4.57 Å². The number of amides is 2. The maximum Gasteiger partial charge on any atom is 0.483 e. The molecule has 0 saturated carbocycles. The number of aromatic nitrogens is 2. The number of nitrogens with one attached hydrogen (secondary N) is 3. The number of nitrogens with zero attached hydrogens (tertiary/aromatic N) is 1. The minimum atomic E-state index is -5.72. The molecule has 44 heavy (non-hydrogen) atoms. The summed E-state index contributed by atoms with van der Waals surface area (Å²) in [6.07, 6.45) is -11.7. The highest BCUT2D eigenvalue weighted by Gasteiger charge is 2.51. The number of H-pyrrole nitrogens is 1. The van der Waals surface area contributed by atoms with Crippen LogP contribution in [0.5, 0.6) is 0 Å². The van der Waals surface area contributed by atoms with Crippen LogP contribution in [0, 0.1) is 0 Å². The van der Waals surface area contributed by atoms with Gasteiger partial charge in [-0.1, -0.05) is 0 Å². The molecule has 24 heteroatoms. The number of carbonyl (C=O) groups is 2. The average molecular weight is 678 g/mol. The van der Waals surface area contributed by atoms with Gasteiger partial charge in [0.25, 0.3) is 5.56 Å². The van der Waals surface area contributed by atoms with Crippen molar-refractivity contribution in [3.8, 4) is 0 Å². The molecule has 1 aromatic rings. The van der Waals surface area contributed by atoms with E-state index in [9.17, 15) is 58.5 Å². The van der Waals surface area contributed by atoms with Crippen LogP contribution >= 0.6 is 15.6 Å². The monoisotopic (exact) mass is 678 g/mol. The Hall–Kier alpha value is -2.40. The highest BCUT2D eigenvalue weighted by molar-refractivity contribution is 7.61. The van der Waals surface area contributed by atoms with Gasteiger partial charge in [0.15, 0.2) is 12.5 Å². The zero-order valence-corrected chi connectivity index (χ0v) is 24.4. The average Bonchev–Trinajstić information content (AvgIpc) is 3.18. The van der Waals surface area contributed by atoms with Crippen LogP contribution < -0.4 is 21.9 Å². The minimum absolute atomic E-state index is 0.447. The second-order valence-corrected chi connectivity index (χ2v) is 12.5. The Balaban J connectivity index is 1.71. The third-order valence-electron chi connectivity index (χ3n) is 6.26. The smallest absolute Gasteiger partial charge is 0.396 e. The Labute approximate surface area is 246 Å². The number of carbonyl (C=O) groups excluding carboxylic acids is 2. The summed E-state index contributed by atoms with van der Waals surface area (Å²) in [4.78, 5) is 69.4. The van der Waals surface area contributed by atoms with Crippen LogP contribution in [0.3, 0.4) is 0 Å². The fourth-order valence-corrected chi connectivity index (χ4v) is 6.48. The molecule has 0 radical (unpaired) electrons. The summed E-state index contributed by atoms with van der Waals surface area (Å²) < 4.78 is 50.1. The summed E-state index contributed by atoms with van der Waals surface area (Å²) in [5.74, 6) is -1.65. The molecular weight excluding hydrogens is 646 g/mol. The first kappa shape index (κ1) is 36.1. The van der Waals surface area contributed by atoms with Crippen molar-refractivity contribution in [3.05, 3.63) is 33.1 Å². The SMILES string of the molecule is CC(=O)N[C@H]1[C@@H](OP(=O)(O)OP(=O)(O)OC[C@H]2O[C@@H](n3ccc(=O)[nH]c3=O)[C@H](O)[C@@H]2O)O[C@H](CO)[C@@H](O)[C@@H]1NC(=O)CCO. The Morgan fingerprint density at radius 1 is 1.00 bits per heavy atom. The molecule has 250 valence electrons. The number of phosphoric acid groups is 2. The van der Waals surface area contributed by atoms with Crippen LogP contribution in [-0.4, -0.2) is 125 Å². The topological polar surface area (TPSA) is 335 Å². The quantitative estimate of drug-likeness (QED) is 0.0872. The van der Waals surface area contributed by atoms with Crippen LogP contribution in [0.2, 0.25) is 0 Å². The van der Waals surface area contributed by atoms with Gasteiger partial charge >= 0.3 is 21.3 Å². The zero-order valence-electron chi connectivity index (χ0n) is 22.6. The molecule has 2 aliphatic rings. The number of phosphoric ester groups is 2. The lowest BCUT2D eigenvalue weighted by atomic mass is 9.94. The van der Waals surface area contributed by atoms with Gasteiger partial charge in [0.1, 0.15) is 36.6 Å². The highest BCUT2D eigenvalue weighted by Crippen LogP contribution is 2.61. The molecule has 2 fully saturated rings. The molecule has 2 aliphatic heterocycles. The van der Waals surface area contributed by atoms with E-state index < -0.39 is 120 Å². The van der Waals surface area contributed by atoms with Crippen LogP contribution in [0.25, 0.3) is 0 Å². The molecule has 10 N–H and O–H groups in total. The standard InChI is InChI=1S/C20H32N4O18P2/c1-8(27)21-14-13(22-12(29)3-5-25)15(30)9(6-26)40-19(14)41-44(36,37)42-43(34,35)38-7-10-16(31)17(32)18(39-10)24-4-2-11(28)23-20(24)33/h2,4,9-10,13-19,25-26,30-32H,3,5-7H2,1H3,(H,21,27)(H,22,29)(H,34,35)(H,36,37)(H,23,28,33)/t9-,10-,13-,14-,15-,16-,17-,18-,19-/m1/s1. The fourth-order valence-electron chi connectivity index (χ4n) is 4.32. The van der Waals surface area contributed by atoms with Crippen molar-refractivity contribution < 1.29 is 76.9 Å². The van der Waals surface area contributed by atoms with Gasteiger partial charge in [0.05, 0.1) is 25.9 Å². The maximum atomic E-state index is 12.7. The number of aromatic amines is 1. The number of aliphatic hydroxyl groups excluding tert-OH is 5. The van der Waals surface area contributed by atoms with Crippen molar-refractivity contribution >= 4 is 27.5 Å². The van der Waals surface area contributed by atoms with Gasteiger partial charge in [-0.05, 0) is 0 Å². The van der Waals surface area contributed by atoms with Crippen molar-refractivity contribution in [1.29, 1.82) is 0 Å². The molecule has 2 saturated heterocycles. The van der Waals surface area contributed by atoms with Crippen LogP contribution in [-0.2, 0) is 41.6 Å². The van der Waals surface area contributed by atoms with Crippen molar-refractivity contribution in [1.82, 2.24) is 20.2 Å². The third-order valence-corrected chi connectivity index (χ3v) is 8.86. The van der Waals surface area contributed by atoms with Crippen LogP contribution in [0.4, 0.5) is 0 Å². The third kappa shape index (κ3) is 9.08. The molecule has 1 aromatic heterocycles. The van der Waals surface area contributed by atoms with E-state index >= 15 is 0 Å². The predicted octanol–water partition coefficient (Wildman–Crippen LogP) is -5.14. The minimum Gasteiger partial charge on any atom is -0.396 e. The Morgan fingerprint density at radius 3 is 2.27 bits per heavy atom. The molecule has 2 unspecified atom stereocenters. The summed E-state index contributed by atoms with van der Waals surface area (Å²) in [6.45, 7) is -1.60. The number of rotatable bonds is 13. The number of aliphatic hydroxyl groups is 5. The van der Waals surface area contributed by atoms with Gasteiger partial charge < -0.3 is 55.4 Å². The van der Waals surface area contributed by atoms with Gasteiger partial charge in [-0.2, -0.15) is 4.31 Å². The second-order valence-electron chi connectivity index (χ2n) is 9.49. The predicted molar refractivity (Wildman–Crippen MR) is 138 cm³/mol. The summed E-state index contributed by atoms with van der Waals surface area (Å²) in [5.41, 5.74) is -1.78. The maximum absolute atomic E-state index is 12.7. The molecule has 3 rings (SSSR count). The molecule has 22 nitrogen and oxygen atoms in total. The summed E-state index contributed by atoms with van der Waals surface area (Å²) in [7, 11) is -11.3. The Kier molecular flexibility index (Phi) is 12.1. The fraction of sp³-hybridized carbons (Fsp3) is 0.700. The van der Waals surface area contributed by atoms with E-state index in [-0.39, 0.29) is 0 Å². The Bertz CT molecular complexity index is 1390. The zero-order chi connectivity index (χ0) is 33.0. The molecule has 11 atom stereocenters. The molecule has 0 bridgehead atoms. The van der Waals surface area contributed by atoms with E-state index in [1.54, 1.807) is 0 Å². The summed E-state index contributed by atoms with van der Waals surface area (Å²) in [6, 6.07) is -2.28. The number of hydrogen-bond acceptors (Lipinski definition) is 16. The molecule has 0 aliphatic carbocycles. The van der Waals surface area contributed by atoms with Gasteiger partial charge in [-0.25, -0.2) is 13.9 Å². The lowest BCUT2D eigenvalue weighted by Crippen LogP contribution is -2.69. The molecule has 3 heterocycles. The van der Waals surface area contributed by atoms with Gasteiger partial charge in [-0.15, -0.1) is 0 Å². The first-order chi connectivity index (χ1) is 20.5. The van der Waals surface area contributed by atoms with Crippen molar-refractivity contribution in [2.24, 2.45) is 0 Å². The molecule has 0 spiro atoms. The second kappa shape index (κ2) is 14.8. The number of ether oxygens (including phenoxy) is 2. The van der Waals surface area contributed by atoms with Gasteiger partial charge in [0.2, 0.25) is 11.8 Å². The van der Waals surface area contributed by atoms with E-state index in [2.05, 4.69) is 19.5 Å². The van der Waals surface area contributed by atoms with Crippen molar-refractivity contribution in [3.63, 3.8) is 0 Å².